The van der Waals surface area contributed by atoms with Gasteiger partial charge >= 0.3 is 0 Å². The second-order valence-corrected chi connectivity index (χ2v) is 3.28. The zero-order valence-corrected chi connectivity index (χ0v) is 8.43. The minimum absolute atomic E-state index is 0.762. The molecule has 2 heteroatoms. The summed E-state index contributed by atoms with van der Waals surface area (Å²) in [4.78, 5) is 0. The Morgan fingerprint density at radius 1 is 1.27 bits per heavy atom. The summed E-state index contributed by atoms with van der Waals surface area (Å²) in [5.41, 5.74) is 2.34. The Kier molecular flexibility index (Phi) is 2.85. The molecule has 0 saturated heterocycles. The molecule has 0 fully saturated rings. The molecule has 74 valence electrons. The highest BCUT2D eigenvalue weighted by molar-refractivity contribution is 5.40. The first-order chi connectivity index (χ1) is 7.42. The predicted octanol–water partition coefficient (Wildman–Crippen LogP) is 2.44. The molecule has 0 saturated carbocycles. The minimum atomic E-state index is 0.762. The van der Waals surface area contributed by atoms with E-state index in [0.29, 0.717) is 0 Å². The van der Waals surface area contributed by atoms with Crippen LogP contribution in [0.15, 0.2) is 42.7 Å². The Morgan fingerprint density at radius 2 is 2.13 bits per heavy atom. The summed E-state index contributed by atoms with van der Waals surface area (Å²) in [7, 11) is 0. The van der Waals surface area contributed by atoms with E-state index in [1.807, 2.05) is 29.1 Å². The lowest BCUT2D eigenvalue weighted by atomic mass is 10.1. The number of nitrogens with zero attached hydrogens (tertiary/aromatic N) is 2. The Morgan fingerprint density at radius 3 is 2.87 bits per heavy atom. The van der Waals surface area contributed by atoms with Crippen molar-refractivity contribution in [1.29, 1.82) is 0 Å². The van der Waals surface area contributed by atoms with Gasteiger partial charge < -0.3 is 0 Å². The van der Waals surface area contributed by atoms with Crippen LogP contribution in [-0.4, -0.2) is 9.78 Å². The number of rotatable bonds is 3. The van der Waals surface area contributed by atoms with Crippen molar-refractivity contribution < 1.29 is 0 Å². The molecule has 0 spiro atoms. The maximum absolute atomic E-state index is 5.27. The van der Waals surface area contributed by atoms with Crippen molar-refractivity contribution in [2.24, 2.45) is 0 Å². The van der Waals surface area contributed by atoms with Crippen molar-refractivity contribution in [1.82, 2.24) is 9.78 Å². The lowest BCUT2D eigenvalue weighted by Crippen LogP contribution is -1.99. The van der Waals surface area contributed by atoms with Gasteiger partial charge in [-0.2, -0.15) is 5.10 Å². The van der Waals surface area contributed by atoms with Crippen molar-refractivity contribution >= 4 is 0 Å². The van der Waals surface area contributed by atoms with Crippen LogP contribution in [0.25, 0.3) is 5.69 Å². The monoisotopic (exact) mass is 196 g/mol. The molecule has 2 rings (SSSR count). The summed E-state index contributed by atoms with van der Waals surface area (Å²) in [5, 5.41) is 4.22. The third-order valence-electron chi connectivity index (χ3n) is 2.28. The number of terminal acetylenes is 1. The van der Waals surface area contributed by atoms with Crippen molar-refractivity contribution in [3.8, 4) is 18.0 Å². The second kappa shape index (κ2) is 4.47. The summed E-state index contributed by atoms with van der Waals surface area (Å²) in [6, 6.07) is 10.1. The van der Waals surface area contributed by atoms with E-state index in [1.165, 1.54) is 5.56 Å². The second-order valence-electron chi connectivity index (χ2n) is 3.28. The minimum Gasteiger partial charge on any atom is -0.241 e. The standard InChI is InChI=1S/C13H12N2/c1-2-3-7-12-8-4-5-9-13(12)15-11-6-10-14-15/h1,4-6,8-11H,3,7H2. The normalized spacial score (nSPS) is 9.80. The molecule has 0 bridgehead atoms. The number of benzene rings is 1. The summed E-state index contributed by atoms with van der Waals surface area (Å²) >= 11 is 0. The highest BCUT2D eigenvalue weighted by Gasteiger charge is 2.02. The van der Waals surface area contributed by atoms with Crippen molar-refractivity contribution in [3.05, 3.63) is 48.3 Å². The number of aryl methyl sites for hydroxylation is 1. The summed E-state index contributed by atoms with van der Waals surface area (Å²) in [5.74, 6) is 2.66. The average molecular weight is 196 g/mol. The summed E-state index contributed by atoms with van der Waals surface area (Å²) in [6.45, 7) is 0. The Balaban J connectivity index is 2.35. The summed E-state index contributed by atoms with van der Waals surface area (Å²) < 4.78 is 1.87. The zero-order valence-electron chi connectivity index (χ0n) is 8.43. The van der Waals surface area contributed by atoms with Gasteiger partial charge in [0.05, 0.1) is 5.69 Å². The fraction of sp³-hybridized carbons (Fsp3) is 0.154. The Bertz CT molecular complexity index is 464. The van der Waals surface area contributed by atoms with Crippen LogP contribution in [0.2, 0.25) is 0 Å². The molecule has 0 aliphatic heterocycles. The van der Waals surface area contributed by atoms with E-state index in [9.17, 15) is 0 Å². The van der Waals surface area contributed by atoms with Crippen LogP contribution in [0.1, 0.15) is 12.0 Å². The lowest BCUT2D eigenvalue weighted by molar-refractivity contribution is 0.856. The SMILES string of the molecule is C#CCCc1ccccc1-n1cccn1. The molecular formula is C13H12N2. The Labute approximate surface area is 89.6 Å². The molecule has 2 nitrogen and oxygen atoms in total. The lowest BCUT2D eigenvalue weighted by Gasteiger charge is -2.07. The smallest absolute Gasteiger partial charge is 0.0677 e. The van der Waals surface area contributed by atoms with Crippen LogP contribution in [0.5, 0.6) is 0 Å². The van der Waals surface area contributed by atoms with E-state index in [0.717, 1.165) is 18.5 Å². The van der Waals surface area contributed by atoms with Gasteiger partial charge in [0, 0.05) is 18.8 Å². The van der Waals surface area contributed by atoms with Crippen molar-refractivity contribution in [2.45, 2.75) is 12.8 Å². The van der Waals surface area contributed by atoms with Gasteiger partial charge in [0.2, 0.25) is 0 Å². The van der Waals surface area contributed by atoms with Crippen LogP contribution in [0.3, 0.4) is 0 Å². The maximum Gasteiger partial charge on any atom is 0.0677 e. The van der Waals surface area contributed by atoms with Gasteiger partial charge in [0.15, 0.2) is 0 Å². The quantitative estimate of drug-likeness (QED) is 0.689. The molecule has 1 heterocycles. The molecule has 15 heavy (non-hydrogen) atoms. The van der Waals surface area contributed by atoms with Gasteiger partial charge in [0.25, 0.3) is 0 Å². The molecule has 0 aliphatic carbocycles. The highest BCUT2D eigenvalue weighted by Crippen LogP contribution is 2.14. The third-order valence-corrected chi connectivity index (χ3v) is 2.28. The molecular weight excluding hydrogens is 184 g/mol. The van der Waals surface area contributed by atoms with E-state index in [4.69, 9.17) is 6.42 Å². The van der Waals surface area contributed by atoms with Crippen molar-refractivity contribution in [2.75, 3.05) is 0 Å². The molecule has 0 amide bonds. The predicted molar refractivity (Wildman–Crippen MR) is 60.7 cm³/mol. The largest absolute Gasteiger partial charge is 0.241 e. The first-order valence-corrected chi connectivity index (χ1v) is 4.93. The average Bonchev–Trinajstić information content (AvgIpc) is 2.80. The molecule has 0 aliphatic rings. The molecule has 0 radical (unpaired) electrons. The van der Waals surface area contributed by atoms with Crippen LogP contribution in [0, 0.1) is 12.3 Å². The topological polar surface area (TPSA) is 17.8 Å². The van der Waals surface area contributed by atoms with Gasteiger partial charge in [-0.15, -0.1) is 12.3 Å². The van der Waals surface area contributed by atoms with Gasteiger partial charge in [-0.05, 0) is 24.1 Å². The van der Waals surface area contributed by atoms with Crippen LogP contribution in [-0.2, 0) is 6.42 Å². The molecule has 0 atom stereocenters. The van der Waals surface area contributed by atoms with Crippen molar-refractivity contribution in [3.63, 3.8) is 0 Å². The Hall–Kier alpha value is -2.01. The van der Waals surface area contributed by atoms with E-state index >= 15 is 0 Å². The van der Waals surface area contributed by atoms with E-state index < -0.39 is 0 Å². The molecule has 0 N–H and O–H groups in total. The van der Waals surface area contributed by atoms with E-state index in [-0.39, 0.29) is 0 Å². The molecule has 2 aromatic rings. The van der Waals surface area contributed by atoms with Gasteiger partial charge in [0.1, 0.15) is 0 Å². The summed E-state index contributed by atoms with van der Waals surface area (Å²) in [6.07, 6.45) is 10.6. The zero-order chi connectivity index (χ0) is 10.5. The van der Waals surface area contributed by atoms with Gasteiger partial charge in [-0.3, -0.25) is 0 Å². The fourth-order valence-corrected chi connectivity index (χ4v) is 1.56. The molecule has 1 aromatic carbocycles. The van der Waals surface area contributed by atoms with E-state index in [2.05, 4.69) is 23.2 Å². The number of para-hydroxylation sites is 1. The van der Waals surface area contributed by atoms with E-state index in [1.54, 1.807) is 6.20 Å². The van der Waals surface area contributed by atoms with Gasteiger partial charge in [-0.1, -0.05) is 18.2 Å². The molecule has 0 unspecified atom stereocenters. The number of hydrogen-bond acceptors (Lipinski definition) is 1. The van der Waals surface area contributed by atoms with Gasteiger partial charge in [-0.25, -0.2) is 4.68 Å². The third kappa shape index (κ3) is 2.08. The van der Waals surface area contributed by atoms with Crippen LogP contribution in [0.4, 0.5) is 0 Å². The maximum atomic E-state index is 5.27. The van der Waals surface area contributed by atoms with Crippen LogP contribution < -0.4 is 0 Å². The number of hydrogen-bond donors (Lipinski definition) is 0. The highest BCUT2D eigenvalue weighted by atomic mass is 15.3. The fourth-order valence-electron chi connectivity index (χ4n) is 1.56. The first kappa shape index (κ1) is 9.54. The first-order valence-electron chi connectivity index (χ1n) is 4.93. The van der Waals surface area contributed by atoms with Crippen LogP contribution >= 0.6 is 0 Å². The molecule has 1 aromatic heterocycles. The number of aromatic nitrogens is 2.